The summed E-state index contributed by atoms with van der Waals surface area (Å²) in [6.07, 6.45) is 3.85. The van der Waals surface area contributed by atoms with E-state index in [1.165, 1.54) is 12.1 Å². The van der Waals surface area contributed by atoms with Crippen LogP contribution in [-0.2, 0) is 15.6 Å². The van der Waals surface area contributed by atoms with Crippen LogP contribution in [0.2, 0.25) is 0 Å². The zero-order valence-electron chi connectivity index (χ0n) is 17.9. The van der Waals surface area contributed by atoms with Gasteiger partial charge in [0.25, 0.3) is 15.9 Å². The van der Waals surface area contributed by atoms with Crippen LogP contribution in [0.4, 0.5) is 5.69 Å². The summed E-state index contributed by atoms with van der Waals surface area (Å²) >= 11 is 0. The average molecular weight is 451 g/mol. The molecule has 2 N–H and O–H groups in total. The molecule has 1 saturated carbocycles. The SMILES string of the molecule is COc1ccc(C2(NC(=O)c3ccc(NS(=O)(=O)c4ccccc4)cc3)CCCC2)cc1. The molecule has 3 aromatic rings. The van der Waals surface area contributed by atoms with Crippen molar-refractivity contribution in [3.05, 3.63) is 90.0 Å². The molecule has 0 atom stereocenters. The van der Waals surface area contributed by atoms with Gasteiger partial charge in [0.05, 0.1) is 17.5 Å². The Morgan fingerprint density at radius 2 is 1.50 bits per heavy atom. The second kappa shape index (κ2) is 9.04. The Labute approximate surface area is 188 Å². The van der Waals surface area contributed by atoms with Gasteiger partial charge in [-0.15, -0.1) is 0 Å². The molecule has 7 heteroatoms. The molecule has 0 unspecified atom stereocenters. The van der Waals surface area contributed by atoms with Gasteiger partial charge in [-0.1, -0.05) is 43.2 Å². The van der Waals surface area contributed by atoms with E-state index in [2.05, 4.69) is 10.0 Å². The molecule has 4 rings (SSSR count). The first-order chi connectivity index (χ1) is 15.4. The summed E-state index contributed by atoms with van der Waals surface area (Å²) in [7, 11) is -2.05. The number of ether oxygens (including phenoxy) is 1. The molecule has 32 heavy (non-hydrogen) atoms. The van der Waals surface area contributed by atoms with Gasteiger partial charge in [-0.25, -0.2) is 8.42 Å². The number of sulfonamides is 1. The van der Waals surface area contributed by atoms with Crippen LogP contribution in [0.15, 0.2) is 83.8 Å². The molecule has 0 radical (unpaired) electrons. The lowest BCUT2D eigenvalue weighted by Crippen LogP contribution is -2.43. The number of methoxy groups -OCH3 is 1. The standard InChI is InChI=1S/C25H26N2O4S/c1-31-22-15-11-20(12-16-22)25(17-5-6-18-25)26-24(28)19-9-13-21(14-10-19)27-32(29,30)23-7-3-2-4-8-23/h2-4,7-16,27H,5-6,17-18H2,1H3,(H,26,28). The summed E-state index contributed by atoms with van der Waals surface area (Å²) in [5.74, 6) is 0.599. The van der Waals surface area contributed by atoms with Gasteiger partial charge in [0.1, 0.15) is 5.75 Å². The number of amides is 1. The van der Waals surface area contributed by atoms with Crippen molar-refractivity contribution in [2.24, 2.45) is 0 Å². The van der Waals surface area contributed by atoms with Crippen LogP contribution in [0.3, 0.4) is 0 Å². The molecule has 1 amide bonds. The molecular formula is C25H26N2O4S. The highest BCUT2D eigenvalue weighted by Gasteiger charge is 2.37. The van der Waals surface area contributed by atoms with Crippen LogP contribution in [0.25, 0.3) is 0 Å². The Bertz CT molecular complexity index is 1170. The number of benzene rings is 3. The summed E-state index contributed by atoms with van der Waals surface area (Å²) in [6.45, 7) is 0. The highest BCUT2D eigenvalue weighted by molar-refractivity contribution is 7.92. The van der Waals surface area contributed by atoms with E-state index in [0.717, 1.165) is 37.0 Å². The van der Waals surface area contributed by atoms with Gasteiger partial charge in [-0.3, -0.25) is 9.52 Å². The third kappa shape index (κ3) is 4.62. The molecule has 0 aliphatic heterocycles. The minimum absolute atomic E-state index is 0.180. The van der Waals surface area contributed by atoms with Crippen LogP contribution < -0.4 is 14.8 Å². The van der Waals surface area contributed by atoms with E-state index in [1.807, 2.05) is 24.3 Å². The predicted molar refractivity (Wildman–Crippen MR) is 124 cm³/mol. The summed E-state index contributed by atoms with van der Waals surface area (Å²) in [4.78, 5) is 13.2. The Morgan fingerprint density at radius 1 is 0.875 bits per heavy atom. The topological polar surface area (TPSA) is 84.5 Å². The van der Waals surface area contributed by atoms with Gasteiger partial charge in [0.2, 0.25) is 0 Å². The highest BCUT2D eigenvalue weighted by Crippen LogP contribution is 2.39. The largest absolute Gasteiger partial charge is 0.497 e. The van der Waals surface area contributed by atoms with Gasteiger partial charge in [-0.05, 0) is 66.9 Å². The number of hydrogen-bond acceptors (Lipinski definition) is 4. The van der Waals surface area contributed by atoms with Crippen LogP contribution >= 0.6 is 0 Å². The second-order valence-electron chi connectivity index (χ2n) is 7.97. The fourth-order valence-corrected chi connectivity index (χ4v) is 5.25. The van der Waals surface area contributed by atoms with Crippen LogP contribution in [0, 0.1) is 0 Å². The van der Waals surface area contributed by atoms with Crippen LogP contribution in [-0.4, -0.2) is 21.4 Å². The van der Waals surface area contributed by atoms with Crippen LogP contribution in [0.1, 0.15) is 41.6 Å². The van der Waals surface area contributed by atoms with Gasteiger partial charge in [-0.2, -0.15) is 0 Å². The molecule has 0 bridgehead atoms. The van der Waals surface area contributed by atoms with Gasteiger partial charge < -0.3 is 10.1 Å². The molecule has 0 saturated heterocycles. The van der Waals surface area contributed by atoms with E-state index in [9.17, 15) is 13.2 Å². The maximum absolute atomic E-state index is 13.0. The van der Waals surface area contributed by atoms with E-state index >= 15 is 0 Å². The molecule has 0 heterocycles. The average Bonchev–Trinajstić information content (AvgIpc) is 3.29. The van der Waals surface area contributed by atoms with Crippen molar-refractivity contribution in [2.75, 3.05) is 11.8 Å². The van der Waals surface area contributed by atoms with E-state index in [1.54, 1.807) is 49.6 Å². The first-order valence-electron chi connectivity index (χ1n) is 10.6. The van der Waals surface area contributed by atoms with E-state index in [-0.39, 0.29) is 10.8 Å². The van der Waals surface area contributed by atoms with Gasteiger partial charge >= 0.3 is 0 Å². The number of rotatable bonds is 7. The summed E-state index contributed by atoms with van der Waals surface area (Å²) < 4.78 is 32.8. The Balaban J connectivity index is 1.49. The highest BCUT2D eigenvalue weighted by atomic mass is 32.2. The molecule has 1 fully saturated rings. The fraction of sp³-hybridized carbons (Fsp3) is 0.240. The second-order valence-corrected chi connectivity index (χ2v) is 9.65. The van der Waals surface area contributed by atoms with Crippen molar-refractivity contribution in [3.63, 3.8) is 0 Å². The number of hydrogen-bond donors (Lipinski definition) is 2. The lowest BCUT2D eigenvalue weighted by molar-refractivity contribution is 0.0898. The van der Waals surface area contributed by atoms with E-state index in [0.29, 0.717) is 11.3 Å². The van der Waals surface area contributed by atoms with Crippen molar-refractivity contribution >= 4 is 21.6 Å². The number of nitrogens with one attached hydrogen (secondary N) is 2. The predicted octanol–water partition coefficient (Wildman–Crippen LogP) is 4.70. The molecular weight excluding hydrogens is 424 g/mol. The fourth-order valence-electron chi connectivity index (χ4n) is 4.17. The zero-order chi connectivity index (χ0) is 22.6. The first-order valence-corrected chi connectivity index (χ1v) is 12.1. The molecule has 1 aliphatic rings. The minimum Gasteiger partial charge on any atom is -0.497 e. The Morgan fingerprint density at radius 3 is 2.09 bits per heavy atom. The van der Waals surface area contributed by atoms with Crippen LogP contribution in [0.5, 0.6) is 5.75 Å². The third-order valence-corrected chi connectivity index (χ3v) is 7.30. The smallest absolute Gasteiger partial charge is 0.261 e. The zero-order valence-corrected chi connectivity index (χ0v) is 18.7. The van der Waals surface area contributed by atoms with Crippen molar-refractivity contribution < 1.29 is 17.9 Å². The van der Waals surface area contributed by atoms with E-state index in [4.69, 9.17) is 4.74 Å². The van der Waals surface area contributed by atoms with E-state index < -0.39 is 15.6 Å². The van der Waals surface area contributed by atoms with Gasteiger partial charge in [0, 0.05) is 11.3 Å². The first kappa shape index (κ1) is 21.9. The Kier molecular flexibility index (Phi) is 6.19. The molecule has 0 aromatic heterocycles. The van der Waals surface area contributed by atoms with Crippen molar-refractivity contribution in [2.45, 2.75) is 36.1 Å². The molecule has 0 spiro atoms. The molecule has 166 valence electrons. The molecule has 3 aromatic carbocycles. The summed E-state index contributed by atoms with van der Waals surface area (Å²) in [5.41, 5.74) is 1.54. The normalized spacial score (nSPS) is 15.2. The monoisotopic (exact) mass is 450 g/mol. The minimum atomic E-state index is -3.68. The maximum atomic E-state index is 13.0. The number of carbonyl (C=O) groups excluding carboxylic acids is 1. The quantitative estimate of drug-likeness (QED) is 0.547. The number of carbonyl (C=O) groups is 1. The van der Waals surface area contributed by atoms with Crippen molar-refractivity contribution in [1.29, 1.82) is 0 Å². The van der Waals surface area contributed by atoms with Gasteiger partial charge in [0.15, 0.2) is 0 Å². The third-order valence-electron chi connectivity index (χ3n) is 5.91. The Hall–Kier alpha value is -3.32. The van der Waals surface area contributed by atoms with Crippen molar-refractivity contribution in [1.82, 2.24) is 5.32 Å². The van der Waals surface area contributed by atoms with Crippen molar-refractivity contribution in [3.8, 4) is 5.75 Å². The lowest BCUT2D eigenvalue weighted by atomic mass is 9.87. The molecule has 1 aliphatic carbocycles. The number of anilines is 1. The maximum Gasteiger partial charge on any atom is 0.261 e. The molecule has 6 nitrogen and oxygen atoms in total. The summed E-state index contributed by atoms with van der Waals surface area (Å²) in [5, 5.41) is 3.24. The lowest BCUT2D eigenvalue weighted by Gasteiger charge is -2.31. The summed E-state index contributed by atoms with van der Waals surface area (Å²) in [6, 6.07) is 22.5.